The summed E-state index contributed by atoms with van der Waals surface area (Å²) in [6.45, 7) is 5.28. The molecule has 26 heavy (non-hydrogen) atoms. The van der Waals surface area contributed by atoms with Gasteiger partial charge in [0.1, 0.15) is 5.75 Å². The molecular formula is C19H27ClN2O4. The van der Waals surface area contributed by atoms with Crippen molar-refractivity contribution in [3.05, 3.63) is 29.3 Å². The molecule has 2 unspecified atom stereocenters. The summed E-state index contributed by atoms with van der Waals surface area (Å²) < 4.78 is 5.51. The van der Waals surface area contributed by atoms with E-state index in [0.717, 1.165) is 19.4 Å². The Bertz CT molecular complexity index is 618. The van der Waals surface area contributed by atoms with E-state index in [-0.39, 0.29) is 24.5 Å². The Kier molecular flexibility index (Phi) is 6.89. The molecule has 1 amide bonds. The molecule has 0 heterocycles. The second-order valence-corrected chi connectivity index (χ2v) is 7.79. The second-order valence-electron chi connectivity index (χ2n) is 7.35. The van der Waals surface area contributed by atoms with Gasteiger partial charge in [0.15, 0.2) is 6.61 Å². The normalized spacial score (nSPS) is 24.7. The molecule has 1 aromatic rings. The van der Waals surface area contributed by atoms with Crippen LogP contribution in [0, 0.1) is 5.41 Å². The average Bonchev–Trinajstić information content (AvgIpc) is 3.51. The SMILES string of the molecule is CCC1(NC(=O)COc2ccc(Cl)cc2)CC1NCC1(C)CC1.O=CO. The Labute approximate surface area is 159 Å². The summed E-state index contributed by atoms with van der Waals surface area (Å²) in [4.78, 5) is 20.5. The van der Waals surface area contributed by atoms with Crippen LogP contribution in [0.5, 0.6) is 5.75 Å². The molecule has 2 fully saturated rings. The zero-order chi connectivity index (χ0) is 19.2. The van der Waals surface area contributed by atoms with E-state index in [1.807, 2.05) is 0 Å². The number of nitrogens with one attached hydrogen (secondary N) is 2. The van der Waals surface area contributed by atoms with Gasteiger partial charge < -0.3 is 20.5 Å². The first kappa shape index (κ1) is 20.5. The molecule has 2 aliphatic carbocycles. The van der Waals surface area contributed by atoms with Crippen molar-refractivity contribution in [3.63, 3.8) is 0 Å². The number of carbonyl (C=O) groups is 2. The molecule has 6 nitrogen and oxygen atoms in total. The molecule has 7 heteroatoms. The van der Waals surface area contributed by atoms with Crippen molar-refractivity contribution in [2.75, 3.05) is 13.2 Å². The molecule has 2 saturated carbocycles. The van der Waals surface area contributed by atoms with E-state index in [4.69, 9.17) is 26.2 Å². The molecule has 3 N–H and O–H groups in total. The van der Waals surface area contributed by atoms with Gasteiger partial charge in [-0.1, -0.05) is 25.4 Å². The van der Waals surface area contributed by atoms with E-state index in [1.165, 1.54) is 12.8 Å². The molecule has 2 aliphatic rings. The fraction of sp³-hybridized carbons (Fsp3) is 0.579. The molecule has 0 saturated heterocycles. The van der Waals surface area contributed by atoms with Crippen molar-refractivity contribution < 1.29 is 19.4 Å². The Morgan fingerprint density at radius 2 is 2.00 bits per heavy atom. The first-order valence-corrected chi connectivity index (χ1v) is 9.25. The van der Waals surface area contributed by atoms with E-state index in [1.54, 1.807) is 24.3 Å². The number of hydrogen-bond acceptors (Lipinski definition) is 4. The molecule has 144 valence electrons. The minimum atomic E-state index is -0.250. The number of carbonyl (C=O) groups excluding carboxylic acids is 1. The minimum Gasteiger partial charge on any atom is -0.484 e. The third kappa shape index (κ3) is 5.88. The van der Waals surface area contributed by atoms with E-state index < -0.39 is 0 Å². The van der Waals surface area contributed by atoms with Gasteiger partial charge in [0.25, 0.3) is 12.4 Å². The van der Waals surface area contributed by atoms with Crippen LogP contribution in [0.1, 0.15) is 39.5 Å². The van der Waals surface area contributed by atoms with Gasteiger partial charge in [-0.15, -0.1) is 0 Å². The van der Waals surface area contributed by atoms with E-state index in [9.17, 15) is 4.79 Å². The number of hydrogen-bond donors (Lipinski definition) is 3. The lowest BCUT2D eigenvalue weighted by Crippen LogP contribution is -2.45. The number of halogens is 1. The summed E-state index contributed by atoms with van der Waals surface area (Å²) in [5.41, 5.74) is 0.398. The van der Waals surface area contributed by atoms with Crippen LogP contribution in [0.4, 0.5) is 0 Å². The van der Waals surface area contributed by atoms with Gasteiger partial charge in [-0.25, -0.2) is 0 Å². The van der Waals surface area contributed by atoms with Gasteiger partial charge in [0.05, 0.1) is 5.54 Å². The van der Waals surface area contributed by atoms with Crippen LogP contribution in [-0.4, -0.2) is 42.2 Å². The third-order valence-electron chi connectivity index (χ3n) is 5.16. The topological polar surface area (TPSA) is 87.7 Å². The van der Waals surface area contributed by atoms with Crippen molar-refractivity contribution in [1.82, 2.24) is 10.6 Å². The molecule has 1 aromatic carbocycles. The van der Waals surface area contributed by atoms with Crippen molar-refractivity contribution in [2.45, 2.75) is 51.1 Å². The maximum absolute atomic E-state index is 12.2. The maximum Gasteiger partial charge on any atom is 0.290 e. The fourth-order valence-electron chi connectivity index (χ4n) is 2.94. The van der Waals surface area contributed by atoms with E-state index in [2.05, 4.69) is 24.5 Å². The van der Waals surface area contributed by atoms with Gasteiger partial charge in [-0.2, -0.15) is 0 Å². The first-order valence-electron chi connectivity index (χ1n) is 8.87. The second kappa shape index (κ2) is 8.73. The zero-order valence-electron chi connectivity index (χ0n) is 15.3. The molecule has 3 rings (SSSR count). The van der Waals surface area contributed by atoms with Gasteiger partial charge in [-0.05, 0) is 55.4 Å². The Morgan fingerprint density at radius 1 is 1.38 bits per heavy atom. The number of benzene rings is 1. The molecule has 0 radical (unpaired) electrons. The number of rotatable bonds is 8. The van der Waals surface area contributed by atoms with E-state index in [0.29, 0.717) is 22.2 Å². The standard InChI is InChI=1S/C18H25ClN2O2.CH2O2/c1-3-18(10-15(18)20-12-17(2)8-9-17)21-16(22)11-23-14-6-4-13(19)5-7-14;2-1-3/h4-7,15,20H,3,8-12H2,1-2H3,(H,21,22);1H,(H,2,3). The highest BCUT2D eigenvalue weighted by Gasteiger charge is 2.54. The van der Waals surface area contributed by atoms with Crippen LogP contribution >= 0.6 is 11.6 Å². The van der Waals surface area contributed by atoms with Gasteiger partial charge in [0, 0.05) is 17.6 Å². The quantitative estimate of drug-likeness (QED) is 0.602. The molecule has 0 aliphatic heterocycles. The highest BCUT2D eigenvalue weighted by Crippen LogP contribution is 2.46. The van der Waals surface area contributed by atoms with Gasteiger partial charge in [-0.3, -0.25) is 9.59 Å². The molecular weight excluding hydrogens is 356 g/mol. The average molecular weight is 383 g/mol. The Hall–Kier alpha value is -1.79. The van der Waals surface area contributed by atoms with Crippen LogP contribution in [0.25, 0.3) is 0 Å². The van der Waals surface area contributed by atoms with Crippen molar-refractivity contribution in [3.8, 4) is 5.75 Å². The third-order valence-corrected chi connectivity index (χ3v) is 5.41. The summed E-state index contributed by atoms with van der Waals surface area (Å²) >= 11 is 5.83. The van der Waals surface area contributed by atoms with Crippen LogP contribution in [0.15, 0.2) is 24.3 Å². The highest BCUT2D eigenvalue weighted by molar-refractivity contribution is 6.30. The smallest absolute Gasteiger partial charge is 0.290 e. The summed E-state index contributed by atoms with van der Waals surface area (Å²) in [7, 11) is 0. The summed E-state index contributed by atoms with van der Waals surface area (Å²) in [6, 6.07) is 7.43. The predicted molar refractivity (Wildman–Crippen MR) is 101 cm³/mol. The van der Waals surface area contributed by atoms with E-state index >= 15 is 0 Å². The number of ether oxygens (including phenoxy) is 1. The van der Waals surface area contributed by atoms with Gasteiger partial charge in [0.2, 0.25) is 0 Å². The largest absolute Gasteiger partial charge is 0.484 e. The Morgan fingerprint density at radius 3 is 2.54 bits per heavy atom. The summed E-state index contributed by atoms with van der Waals surface area (Å²) in [5.74, 6) is 0.589. The first-order chi connectivity index (χ1) is 12.4. The molecule has 0 aromatic heterocycles. The van der Waals surface area contributed by atoms with Crippen LogP contribution in [0.2, 0.25) is 5.02 Å². The van der Waals surface area contributed by atoms with Crippen molar-refractivity contribution >= 4 is 24.0 Å². The van der Waals surface area contributed by atoms with Gasteiger partial charge >= 0.3 is 0 Å². The molecule has 0 bridgehead atoms. The fourth-order valence-corrected chi connectivity index (χ4v) is 3.07. The minimum absolute atomic E-state index is 0.0355. The van der Waals surface area contributed by atoms with Crippen molar-refractivity contribution in [1.29, 1.82) is 0 Å². The molecule has 0 spiro atoms. The summed E-state index contributed by atoms with van der Waals surface area (Å²) in [6.07, 6.45) is 4.57. The maximum atomic E-state index is 12.2. The molecule has 2 atom stereocenters. The predicted octanol–water partition coefficient (Wildman–Crippen LogP) is 2.85. The van der Waals surface area contributed by atoms with Crippen LogP contribution in [0.3, 0.4) is 0 Å². The lowest BCUT2D eigenvalue weighted by Gasteiger charge is -2.19. The lowest BCUT2D eigenvalue weighted by molar-refractivity contribution is -0.124. The Balaban J connectivity index is 0.000000758. The lowest BCUT2D eigenvalue weighted by atomic mass is 10.1. The number of amides is 1. The van der Waals surface area contributed by atoms with Crippen LogP contribution < -0.4 is 15.4 Å². The summed E-state index contributed by atoms with van der Waals surface area (Å²) in [5, 5.41) is 14.3. The monoisotopic (exact) mass is 382 g/mol. The van der Waals surface area contributed by atoms with Crippen molar-refractivity contribution in [2.24, 2.45) is 5.41 Å². The highest BCUT2D eigenvalue weighted by atomic mass is 35.5. The van der Waals surface area contributed by atoms with Crippen LogP contribution in [-0.2, 0) is 9.59 Å². The zero-order valence-corrected chi connectivity index (χ0v) is 16.0. The number of carboxylic acid groups (broad SMARTS) is 1.